The van der Waals surface area contributed by atoms with E-state index < -0.39 is 0 Å². The van der Waals surface area contributed by atoms with Crippen LogP contribution in [-0.4, -0.2) is 21.8 Å². The van der Waals surface area contributed by atoms with Gasteiger partial charge in [0.1, 0.15) is 0 Å². The van der Waals surface area contributed by atoms with Crippen LogP contribution in [0.5, 0.6) is 0 Å². The number of nitrogens with zero attached hydrogens (tertiary/aromatic N) is 3. The molecule has 2 aromatic heterocycles. The summed E-state index contributed by atoms with van der Waals surface area (Å²) in [5.41, 5.74) is 6.07. The molecule has 0 atom stereocenters. The molecule has 0 radical (unpaired) electrons. The number of hydrogen-bond acceptors (Lipinski definition) is 3. The summed E-state index contributed by atoms with van der Waals surface area (Å²) >= 11 is 0. The number of aromatic nitrogens is 3. The van der Waals surface area contributed by atoms with Crippen molar-refractivity contribution in [2.75, 3.05) is 7.05 Å². The van der Waals surface area contributed by atoms with Crippen LogP contribution in [0.2, 0.25) is 0 Å². The first kappa shape index (κ1) is 13.7. The summed E-state index contributed by atoms with van der Waals surface area (Å²) in [5, 5.41) is 7.79. The third-order valence-corrected chi connectivity index (χ3v) is 3.37. The summed E-state index contributed by atoms with van der Waals surface area (Å²) in [6.07, 6.45) is 5.77. The van der Waals surface area contributed by atoms with Gasteiger partial charge in [-0.1, -0.05) is 13.8 Å². The lowest BCUT2D eigenvalue weighted by Crippen LogP contribution is -2.05. The zero-order chi connectivity index (χ0) is 13.8. The first-order valence-corrected chi connectivity index (χ1v) is 6.84. The number of hydrogen-bond donors (Lipinski definition) is 1. The fourth-order valence-electron chi connectivity index (χ4n) is 2.53. The van der Waals surface area contributed by atoms with Crippen LogP contribution in [0.3, 0.4) is 0 Å². The molecule has 19 heavy (non-hydrogen) atoms. The lowest BCUT2D eigenvalue weighted by atomic mass is 10.0. The van der Waals surface area contributed by atoms with Crippen LogP contribution in [0.1, 0.15) is 30.8 Å². The highest BCUT2D eigenvalue weighted by Crippen LogP contribution is 2.28. The van der Waals surface area contributed by atoms with Crippen LogP contribution in [-0.2, 0) is 26.4 Å². The van der Waals surface area contributed by atoms with Gasteiger partial charge in [0.25, 0.3) is 0 Å². The maximum absolute atomic E-state index is 4.63. The monoisotopic (exact) mass is 258 g/mol. The Morgan fingerprint density at radius 2 is 2.00 bits per heavy atom. The lowest BCUT2D eigenvalue weighted by molar-refractivity contribution is 0.705. The Labute approximate surface area is 114 Å². The predicted octanol–water partition coefficient (Wildman–Crippen LogP) is 2.33. The van der Waals surface area contributed by atoms with Gasteiger partial charge in [0.05, 0.1) is 5.69 Å². The van der Waals surface area contributed by atoms with Crippen LogP contribution >= 0.6 is 0 Å². The molecule has 0 aliphatic heterocycles. The van der Waals surface area contributed by atoms with E-state index >= 15 is 0 Å². The van der Waals surface area contributed by atoms with E-state index in [0.29, 0.717) is 0 Å². The van der Waals surface area contributed by atoms with E-state index in [4.69, 9.17) is 0 Å². The Balaban J connectivity index is 2.53. The molecule has 0 aromatic carbocycles. The van der Waals surface area contributed by atoms with E-state index in [1.165, 1.54) is 22.4 Å². The maximum atomic E-state index is 4.63. The molecule has 102 valence electrons. The second-order valence-electron chi connectivity index (χ2n) is 4.71. The van der Waals surface area contributed by atoms with Gasteiger partial charge >= 0.3 is 0 Å². The smallest absolute Gasteiger partial charge is 0.0703 e. The summed E-state index contributed by atoms with van der Waals surface area (Å²) in [7, 11) is 3.97. The summed E-state index contributed by atoms with van der Waals surface area (Å²) in [6, 6.07) is 2.21. The van der Waals surface area contributed by atoms with Gasteiger partial charge in [0, 0.05) is 42.8 Å². The van der Waals surface area contributed by atoms with E-state index in [9.17, 15) is 0 Å². The van der Waals surface area contributed by atoms with Gasteiger partial charge in [0.15, 0.2) is 0 Å². The van der Waals surface area contributed by atoms with Gasteiger partial charge in [0.2, 0.25) is 0 Å². The normalized spacial score (nSPS) is 10.9. The molecule has 4 heteroatoms. The highest BCUT2D eigenvalue weighted by Gasteiger charge is 2.15. The van der Waals surface area contributed by atoms with E-state index in [-0.39, 0.29) is 0 Å². The Morgan fingerprint density at radius 1 is 1.21 bits per heavy atom. The van der Waals surface area contributed by atoms with Crippen LogP contribution < -0.4 is 5.32 Å². The highest BCUT2D eigenvalue weighted by molar-refractivity contribution is 5.68. The van der Waals surface area contributed by atoms with Gasteiger partial charge in [-0.25, -0.2) is 0 Å². The fraction of sp³-hybridized carbons (Fsp3) is 0.467. The molecule has 0 fully saturated rings. The Bertz CT molecular complexity index is 557. The first-order chi connectivity index (χ1) is 9.21. The third kappa shape index (κ3) is 2.68. The van der Waals surface area contributed by atoms with Crippen molar-refractivity contribution in [2.24, 2.45) is 7.05 Å². The minimum atomic E-state index is 0.837. The molecule has 4 nitrogen and oxygen atoms in total. The van der Waals surface area contributed by atoms with Crippen molar-refractivity contribution in [3.05, 3.63) is 35.4 Å². The van der Waals surface area contributed by atoms with Crippen molar-refractivity contribution >= 4 is 0 Å². The summed E-state index contributed by atoms with van der Waals surface area (Å²) in [6.45, 7) is 5.16. The molecule has 0 unspecified atom stereocenters. The molecule has 2 aromatic rings. The molecule has 1 N–H and O–H groups in total. The molecular weight excluding hydrogens is 236 g/mol. The van der Waals surface area contributed by atoms with Crippen molar-refractivity contribution in [3.8, 4) is 11.1 Å². The van der Waals surface area contributed by atoms with Gasteiger partial charge < -0.3 is 5.32 Å². The minimum absolute atomic E-state index is 0.837. The highest BCUT2D eigenvalue weighted by atomic mass is 15.3. The van der Waals surface area contributed by atoms with E-state index in [0.717, 1.165) is 25.1 Å². The molecule has 0 saturated carbocycles. The van der Waals surface area contributed by atoms with Gasteiger partial charge in [-0.05, 0) is 31.5 Å². The van der Waals surface area contributed by atoms with Crippen molar-refractivity contribution in [1.82, 2.24) is 20.1 Å². The largest absolute Gasteiger partial charge is 0.316 e. The van der Waals surface area contributed by atoms with E-state index in [2.05, 4.69) is 35.3 Å². The molecule has 0 aliphatic rings. The average Bonchev–Trinajstić information content (AvgIpc) is 2.75. The molecule has 0 amide bonds. The molecule has 2 rings (SSSR count). The summed E-state index contributed by atoms with van der Waals surface area (Å²) < 4.78 is 2.00. The first-order valence-electron chi connectivity index (χ1n) is 6.84. The van der Waals surface area contributed by atoms with E-state index in [1.807, 2.05) is 31.2 Å². The number of aryl methyl sites for hydroxylation is 2. The molecule has 0 aliphatic carbocycles. The predicted molar refractivity (Wildman–Crippen MR) is 78.0 cm³/mol. The Kier molecular flexibility index (Phi) is 4.32. The fourth-order valence-corrected chi connectivity index (χ4v) is 2.53. The van der Waals surface area contributed by atoms with Gasteiger partial charge in [-0.15, -0.1) is 0 Å². The molecule has 2 heterocycles. The maximum Gasteiger partial charge on any atom is 0.0703 e. The van der Waals surface area contributed by atoms with Crippen LogP contribution in [0.15, 0.2) is 18.5 Å². The zero-order valence-electron chi connectivity index (χ0n) is 12.2. The lowest BCUT2D eigenvalue weighted by Gasteiger charge is -2.07. The summed E-state index contributed by atoms with van der Waals surface area (Å²) in [4.78, 5) is 4.36. The standard InChI is InChI=1S/C15H22N4/c1-5-13-15(14(6-2)19(4)18-13)12-7-11(8-16-3)9-17-10-12/h7,9-10,16H,5-6,8H2,1-4H3. The molecule has 0 saturated heterocycles. The second-order valence-corrected chi connectivity index (χ2v) is 4.71. The quantitative estimate of drug-likeness (QED) is 0.895. The van der Waals surface area contributed by atoms with Crippen molar-refractivity contribution in [1.29, 1.82) is 0 Å². The van der Waals surface area contributed by atoms with Crippen molar-refractivity contribution in [3.63, 3.8) is 0 Å². The van der Waals surface area contributed by atoms with Crippen LogP contribution in [0, 0.1) is 0 Å². The van der Waals surface area contributed by atoms with Crippen LogP contribution in [0.4, 0.5) is 0 Å². The second kappa shape index (κ2) is 5.97. The Morgan fingerprint density at radius 3 is 2.63 bits per heavy atom. The number of pyridine rings is 1. The Hall–Kier alpha value is -1.68. The summed E-state index contributed by atoms with van der Waals surface area (Å²) in [5.74, 6) is 0. The number of rotatable bonds is 5. The SMILES string of the molecule is CCc1nn(C)c(CC)c1-c1cncc(CNC)c1. The minimum Gasteiger partial charge on any atom is -0.316 e. The van der Waals surface area contributed by atoms with Crippen molar-refractivity contribution < 1.29 is 0 Å². The zero-order valence-corrected chi connectivity index (χ0v) is 12.2. The number of nitrogens with one attached hydrogen (secondary N) is 1. The van der Waals surface area contributed by atoms with Crippen LogP contribution in [0.25, 0.3) is 11.1 Å². The average molecular weight is 258 g/mol. The molecule has 0 bridgehead atoms. The van der Waals surface area contributed by atoms with Gasteiger partial charge in [-0.2, -0.15) is 5.10 Å². The molecular formula is C15H22N4. The van der Waals surface area contributed by atoms with Gasteiger partial charge in [-0.3, -0.25) is 9.67 Å². The third-order valence-electron chi connectivity index (χ3n) is 3.37. The molecule has 0 spiro atoms. The van der Waals surface area contributed by atoms with Crippen molar-refractivity contribution in [2.45, 2.75) is 33.2 Å². The van der Waals surface area contributed by atoms with E-state index in [1.54, 1.807) is 0 Å². The topological polar surface area (TPSA) is 42.7 Å².